The summed E-state index contributed by atoms with van der Waals surface area (Å²) in [5.41, 5.74) is 0.881. The van der Waals surface area contributed by atoms with Crippen LogP contribution in [0, 0.1) is 24.4 Å². The van der Waals surface area contributed by atoms with Gasteiger partial charge in [-0.1, -0.05) is 36.4 Å². The number of halogens is 5. The molecular weight excluding hydrogens is 383 g/mol. The van der Waals surface area contributed by atoms with Crippen LogP contribution < -0.4 is 0 Å². The molecule has 0 radical (unpaired) electrons. The fourth-order valence-electron chi connectivity index (χ4n) is 4.20. The fraction of sp³-hybridized carbons (Fsp3) is 0.417. The van der Waals surface area contributed by atoms with Crippen LogP contribution in [-0.2, 0) is 6.42 Å². The van der Waals surface area contributed by atoms with Crippen LogP contribution in [0.4, 0.5) is 22.0 Å². The average molecular weight is 408 g/mol. The lowest BCUT2D eigenvalue weighted by Crippen LogP contribution is -2.34. The zero-order valence-electron chi connectivity index (χ0n) is 16.6. The quantitative estimate of drug-likeness (QED) is 0.353. The van der Waals surface area contributed by atoms with Gasteiger partial charge in [0.1, 0.15) is 5.82 Å². The second-order valence-electron chi connectivity index (χ2n) is 7.86. The number of aryl methyl sites for hydroxylation is 2. The molecule has 0 aliphatic heterocycles. The third-order valence-electron chi connectivity index (χ3n) is 5.85. The van der Waals surface area contributed by atoms with Gasteiger partial charge in [0.25, 0.3) is 5.92 Å². The lowest BCUT2D eigenvalue weighted by molar-refractivity contribution is -0.0628. The highest BCUT2D eigenvalue weighted by Gasteiger charge is 2.47. The fourth-order valence-corrected chi connectivity index (χ4v) is 4.20. The molecule has 0 spiro atoms. The molecule has 0 N–H and O–H groups in total. The molecule has 1 saturated carbocycles. The summed E-state index contributed by atoms with van der Waals surface area (Å²) in [6.45, 7) is 3.30. The van der Waals surface area contributed by atoms with Gasteiger partial charge in [0.15, 0.2) is 11.6 Å². The maximum atomic E-state index is 14.9. The molecule has 3 rings (SSSR count). The van der Waals surface area contributed by atoms with E-state index in [1.165, 1.54) is 25.1 Å². The highest BCUT2D eigenvalue weighted by Crippen LogP contribution is 2.51. The molecule has 0 nitrogen and oxygen atoms in total. The molecule has 0 saturated heterocycles. The summed E-state index contributed by atoms with van der Waals surface area (Å²) in [5.74, 6) is -8.07. The van der Waals surface area contributed by atoms with Gasteiger partial charge in [0, 0.05) is 6.42 Å². The Kier molecular flexibility index (Phi) is 6.45. The van der Waals surface area contributed by atoms with Crippen LogP contribution in [0.3, 0.4) is 0 Å². The average Bonchev–Trinajstić information content (AvgIpc) is 2.67. The Hall–Kier alpha value is -2.17. The Morgan fingerprint density at radius 1 is 1.00 bits per heavy atom. The molecule has 156 valence electrons. The van der Waals surface area contributed by atoms with E-state index in [2.05, 4.69) is 0 Å². The number of benzene rings is 2. The lowest BCUT2D eigenvalue weighted by Gasteiger charge is -2.36. The highest BCUT2D eigenvalue weighted by molar-refractivity contribution is 5.33. The molecule has 2 aromatic rings. The number of hydrogen-bond donors (Lipinski definition) is 0. The van der Waals surface area contributed by atoms with Crippen molar-refractivity contribution in [2.24, 2.45) is 0 Å². The van der Waals surface area contributed by atoms with Crippen molar-refractivity contribution in [3.05, 3.63) is 82.2 Å². The minimum Gasteiger partial charge on any atom is -0.207 e. The molecule has 5 heteroatoms. The van der Waals surface area contributed by atoms with Gasteiger partial charge in [-0.05, 0) is 73.8 Å². The van der Waals surface area contributed by atoms with E-state index in [9.17, 15) is 22.0 Å². The second-order valence-corrected chi connectivity index (χ2v) is 7.86. The van der Waals surface area contributed by atoms with Crippen LogP contribution in [-0.4, -0.2) is 5.92 Å². The van der Waals surface area contributed by atoms with Crippen molar-refractivity contribution in [3.8, 4) is 0 Å². The Morgan fingerprint density at radius 2 is 1.72 bits per heavy atom. The van der Waals surface area contributed by atoms with Gasteiger partial charge in [0.05, 0.1) is 5.92 Å². The van der Waals surface area contributed by atoms with Gasteiger partial charge < -0.3 is 0 Å². The molecule has 0 aromatic heterocycles. The minimum absolute atomic E-state index is 0.0282. The predicted molar refractivity (Wildman–Crippen MR) is 105 cm³/mol. The normalized spacial score (nSPS) is 21.6. The molecule has 2 aromatic carbocycles. The van der Waals surface area contributed by atoms with E-state index >= 15 is 0 Å². The van der Waals surface area contributed by atoms with E-state index in [1.807, 2.05) is 19.1 Å². The number of alkyl halides is 2. The van der Waals surface area contributed by atoms with Crippen LogP contribution in [0.5, 0.6) is 0 Å². The predicted octanol–water partition coefficient (Wildman–Crippen LogP) is 7.61. The Morgan fingerprint density at radius 3 is 2.38 bits per heavy atom. The van der Waals surface area contributed by atoms with Crippen molar-refractivity contribution in [1.29, 1.82) is 0 Å². The van der Waals surface area contributed by atoms with Crippen LogP contribution in [0.1, 0.15) is 66.7 Å². The molecule has 0 bridgehead atoms. The molecule has 2 atom stereocenters. The van der Waals surface area contributed by atoms with Crippen LogP contribution in [0.15, 0.2) is 42.5 Å². The van der Waals surface area contributed by atoms with E-state index in [1.54, 1.807) is 12.1 Å². The van der Waals surface area contributed by atoms with Crippen molar-refractivity contribution in [2.45, 2.75) is 63.7 Å². The van der Waals surface area contributed by atoms with Crippen LogP contribution >= 0.6 is 0 Å². The van der Waals surface area contributed by atoms with E-state index in [4.69, 9.17) is 0 Å². The zero-order valence-corrected chi connectivity index (χ0v) is 16.6. The van der Waals surface area contributed by atoms with E-state index < -0.39 is 41.6 Å². The first kappa shape index (κ1) is 21.5. The summed E-state index contributed by atoms with van der Waals surface area (Å²) in [5, 5.41) is 0. The van der Waals surface area contributed by atoms with Gasteiger partial charge >= 0.3 is 0 Å². The molecule has 0 heterocycles. The summed E-state index contributed by atoms with van der Waals surface area (Å²) in [7, 11) is 0. The van der Waals surface area contributed by atoms with E-state index in [-0.39, 0.29) is 23.1 Å². The minimum atomic E-state index is -3.25. The largest absolute Gasteiger partial charge is 0.255 e. The van der Waals surface area contributed by atoms with Crippen molar-refractivity contribution in [1.82, 2.24) is 0 Å². The van der Waals surface area contributed by atoms with E-state index in [0.717, 1.165) is 12.0 Å². The maximum absolute atomic E-state index is 14.9. The zero-order chi connectivity index (χ0) is 21.2. The lowest BCUT2D eigenvalue weighted by atomic mass is 9.73. The van der Waals surface area contributed by atoms with Crippen molar-refractivity contribution < 1.29 is 22.0 Å². The SMILES string of the molecule is C/C=C/CCc1ccc(C2CCC(c3ccc(C)c(F)c3F)C(F)(F)C2)c(F)c1. The highest BCUT2D eigenvalue weighted by atomic mass is 19.3. The summed E-state index contributed by atoms with van der Waals surface area (Å²) in [4.78, 5) is 0. The summed E-state index contributed by atoms with van der Waals surface area (Å²) < 4.78 is 72.5. The molecule has 1 aliphatic carbocycles. The first-order valence-electron chi connectivity index (χ1n) is 9.96. The van der Waals surface area contributed by atoms with Crippen molar-refractivity contribution >= 4 is 0 Å². The van der Waals surface area contributed by atoms with Gasteiger partial charge in [-0.2, -0.15) is 0 Å². The summed E-state index contributed by atoms with van der Waals surface area (Å²) >= 11 is 0. The first-order valence-corrected chi connectivity index (χ1v) is 9.96. The molecular formula is C24H25F5. The second kappa shape index (κ2) is 8.68. The van der Waals surface area contributed by atoms with Crippen LogP contribution in [0.25, 0.3) is 0 Å². The Labute approximate surface area is 168 Å². The summed E-state index contributed by atoms with van der Waals surface area (Å²) in [6, 6.07) is 7.35. The molecule has 2 unspecified atom stereocenters. The van der Waals surface area contributed by atoms with Gasteiger partial charge in [-0.25, -0.2) is 22.0 Å². The van der Waals surface area contributed by atoms with E-state index in [0.29, 0.717) is 12.8 Å². The molecule has 1 fully saturated rings. The third-order valence-corrected chi connectivity index (χ3v) is 5.85. The Bertz CT molecular complexity index is 900. The maximum Gasteiger partial charge on any atom is 0.255 e. The van der Waals surface area contributed by atoms with Crippen molar-refractivity contribution in [2.75, 3.05) is 0 Å². The monoisotopic (exact) mass is 408 g/mol. The van der Waals surface area contributed by atoms with Gasteiger partial charge in [-0.3, -0.25) is 0 Å². The number of rotatable bonds is 5. The first-order chi connectivity index (χ1) is 13.7. The van der Waals surface area contributed by atoms with Gasteiger partial charge in [0.2, 0.25) is 0 Å². The van der Waals surface area contributed by atoms with Crippen molar-refractivity contribution in [3.63, 3.8) is 0 Å². The number of hydrogen-bond acceptors (Lipinski definition) is 0. The summed E-state index contributed by atoms with van der Waals surface area (Å²) in [6.07, 6.45) is 5.07. The van der Waals surface area contributed by atoms with Crippen LogP contribution in [0.2, 0.25) is 0 Å². The molecule has 0 amide bonds. The topological polar surface area (TPSA) is 0 Å². The third kappa shape index (κ3) is 4.54. The van der Waals surface area contributed by atoms with Gasteiger partial charge in [-0.15, -0.1) is 0 Å². The number of allylic oxidation sites excluding steroid dienone is 2. The standard InChI is InChI=1S/C24H25F5/c1-3-4-5-6-16-8-11-18(21(25)13-16)17-9-12-20(24(28,29)14-17)19-10-7-15(2)22(26)23(19)27/h3-4,7-8,10-11,13,17,20H,5-6,9,12,14H2,1-2H3/b4-3+. The smallest absolute Gasteiger partial charge is 0.207 e. The molecule has 29 heavy (non-hydrogen) atoms. The molecule has 1 aliphatic rings. The Balaban J connectivity index is 1.79.